The number of nitrogens with one attached hydrogen (secondary N) is 2. The summed E-state index contributed by atoms with van der Waals surface area (Å²) in [4.78, 5) is 30.2. The molecule has 1 aromatic carbocycles. The molecule has 3 rings (SSSR count). The minimum Gasteiger partial charge on any atom is -0.379 e. The van der Waals surface area contributed by atoms with Crippen molar-refractivity contribution < 1.29 is 9.53 Å². The Labute approximate surface area is 140 Å². The number of pyridine rings is 1. The second kappa shape index (κ2) is 7.15. The molecule has 1 fully saturated rings. The Balaban J connectivity index is 1.69. The first-order chi connectivity index (χ1) is 11.6. The van der Waals surface area contributed by atoms with E-state index in [-0.39, 0.29) is 22.9 Å². The van der Waals surface area contributed by atoms with E-state index in [0.29, 0.717) is 31.2 Å². The zero-order chi connectivity index (χ0) is 17.1. The van der Waals surface area contributed by atoms with Crippen molar-refractivity contribution >= 4 is 16.8 Å². The molecule has 128 valence electrons. The standard InChI is InChI=1S/C18H23N3O3/c1-12(21-7-8-24-11-13(21)2)9-20-18(23)15-10-19-16-6-4-3-5-14(16)17(15)22/h3-6,10,12-13H,7-9,11H2,1-2H3,(H,19,22)(H,20,23)/t12-,13-/m1/s1. The highest BCUT2D eigenvalue weighted by atomic mass is 16.5. The van der Waals surface area contributed by atoms with Crippen molar-refractivity contribution in [1.29, 1.82) is 0 Å². The summed E-state index contributed by atoms with van der Waals surface area (Å²) in [6.07, 6.45) is 1.49. The SMILES string of the molecule is C[C@H](CNC(=O)c1c[nH]c2ccccc2c1=O)N1CCOC[C@H]1C. The number of nitrogens with zero attached hydrogens (tertiary/aromatic N) is 1. The van der Waals surface area contributed by atoms with Gasteiger partial charge in [-0.1, -0.05) is 12.1 Å². The first kappa shape index (κ1) is 16.7. The highest BCUT2D eigenvalue weighted by Crippen LogP contribution is 2.10. The number of benzene rings is 1. The van der Waals surface area contributed by atoms with Crippen LogP contribution in [0.3, 0.4) is 0 Å². The van der Waals surface area contributed by atoms with E-state index < -0.39 is 0 Å². The molecule has 0 spiro atoms. The van der Waals surface area contributed by atoms with Gasteiger partial charge in [-0.25, -0.2) is 0 Å². The minimum atomic E-state index is -0.338. The first-order valence-electron chi connectivity index (χ1n) is 8.30. The highest BCUT2D eigenvalue weighted by molar-refractivity contribution is 5.97. The summed E-state index contributed by atoms with van der Waals surface area (Å²) in [5.74, 6) is -0.338. The van der Waals surface area contributed by atoms with Crippen molar-refractivity contribution in [2.75, 3.05) is 26.3 Å². The molecule has 1 saturated heterocycles. The van der Waals surface area contributed by atoms with E-state index in [1.165, 1.54) is 6.20 Å². The molecule has 6 nitrogen and oxygen atoms in total. The molecule has 1 aliphatic rings. The molecule has 1 aromatic heterocycles. The van der Waals surface area contributed by atoms with Crippen LogP contribution in [-0.2, 0) is 4.74 Å². The molecule has 6 heteroatoms. The monoisotopic (exact) mass is 329 g/mol. The molecule has 1 aliphatic heterocycles. The van der Waals surface area contributed by atoms with E-state index in [2.05, 4.69) is 29.0 Å². The Hall–Kier alpha value is -2.18. The molecule has 0 saturated carbocycles. The van der Waals surface area contributed by atoms with Gasteiger partial charge in [0.05, 0.1) is 13.2 Å². The predicted octanol–water partition coefficient (Wildman–Crippen LogP) is 1.37. The van der Waals surface area contributed by atoms with Crippen LogP contribution in [0.15, 0.2) is 35.3 Å². The third kappa shape index (κ3) is 3.34. The van der Waals surface area contributed by atoms with E-state index in [4.69, 9.17) is 4.74 Å². The molecule has 0 unspecified atom stereocenters. The van der Waals surface area contributed by atoms with Crippen LogP contribution in [0.1, 0.15) is 24.2 Å². The van der Waals surface area contributed by atoms with E-state index in [0.717, 1.165) is 12.1 Å². The van der Waals surface area contributed by atoms with Crippen LogP contribution in [0.25, 0.3) is 10.9 Å². The number of morpholine rings is 1. The molecule has 0 bridgehead atoms. The van der Waals surface area contributed by atoms with Gasteiger partial charge in [0.15, 0.2) is 0 Å². The number of rotatable bonds is 4. The van der Waals surface area contributed by atoms with Crippen LogP contribution < -0.4 is 10.7 Å². The number of H-pyrrole nitrogens is 1. The molecule has 2 aromatic rings. The second-order valence-electron chi connectivity index (χ2n) is 6.30. The molecular formula is C18H23N3O3. The van der Waals surface area contributed by atoms with Gasteiger partial charge in [-0.2, -0.15) is 0 Å². The smallest absolute Gasteiger partial charge is 0.256 e. The van der Waals surface area contributed by atoms with Crippen LogP contribution in [0, 0.1) is 0 Å². The Bertz CT molecular complexity index is 786. The van der Waals surface area contributed by atoms with Crippen LogP contribution in [0.5, 0.6) is 0 Å². The van der Waals surface area contributed by atoms with E-state index >= 15 is 0 Å². The molecule has 2 atom stereocenters. The predicted molar refractivity (Wildman–Crippen MR) is 93.4 cm³/mol. The largest absolute Gasteiger partial charge is 0.379 e. The lowest BCUT2D eigenvalue weighted by Gasteiger charge is -2.37. The maximum atomic E-state index is 12.5. The number of aromatic nitrogens is 1. The van der Waals surface area contributed by atoms with Crippen LogP contribution in [-0.4, -0.2) is 54.2 Å². The van der Waals surface area contributed by atoms with Gasteiger partial charge in [-0.3, -0.25) is 14.5 Å². The van der Waals surface area contributed by atoms with Crippen molar-refractivity contribution in [2.24, 2.45) is 0 Å². The normalized spacial score (nSPS) is 20.0. The fourth-order valence-electron chi connectivity index (χ4n) is 3.18. The molecule has 2 N–H and O–H groups in total. The van der Waals surface area contributed by atoms with Crippen LogP contribution in [0.2, 0.25) is 0 Å². The Morgan fingerprint density at radius 3 is 3.04 bits per heavy atom. The molecule has 1 amide bonds. The van der Waals surface area contributed by atoms with Gasteiger partial charge in [-0.15, -0.1) is 0 Å². The van der Waals surface area contributed by atoms with Crippen molar-refractivity contribution in [3.8, 4) is 0 Å². The maximum Gasteiger partial charge on any atom is 0.256 e. The quantitative estimate of drug-likeness (QED) is 0.888. The average Bonchev–Trinajstić information content (AvgIpc) is 2.60. The number of carbonyl (C=O) groups is 1. The van der Waals surface area contributed by atoms with E-state index in [1.807, 2.05) is 12.1 Å². The first-order valence-corrected chi connectivity index (χ1v) is 8.30. The fraction of sp³-hybridized carbons (Fsp3) is 0.444. The van der Waals surface area contributed by atoms with Gasteiger partial charge in [0.1, 0.15) is 5.56 Å². The topological polar surface area (TPSA) is 74.4 Å². The summed E-state index contributed by atoms with van der Waals surface area (Å²) in [5.41, 5.74) is 0.639. The number of hydrogen-bond donors (Lipinski definition) is 2. The van der Waals surface area contributed by atoms with E-state index in [1.54, 1.807) is 12.1 Å². The number of carbonyl (C=O) groups excluding carboxylic acids is 1. The number of fused-ring (bicyclic) bond motifs is 1. The van der Waals surface area contributed by atoms with Crippen molar-refractivity contribution in [3.05, 3.63) is 46.2 Å². The third-order valence-corrected chi connectivity index (χ3v) is 4.58. The molecule has 0 radical (unpaired) electrons. The lowest BCUT2D eigenvalue weighted by atomic mass is 10.1. The van der Waals surface area contributed by atoms with Gasteiger partial charge < -0.3 is 15.0 Å². The summed E-state index contributed by atoms with van der Waals surface area (Å²) in [6, 6.07) is 7.70. The lowest BCUT2D eigenvalue weighted by molar-refractivity contribution is -0.0178. The van der Waals surface area contributed by atoms with Gasteiger partial charge in [0, 0.05) is 42.3 Å². The van der Waals surface area contributed by atoms with Gasteiger partial charge >= 0.3 is 0 Å². The summed E-state index contributed by atoms with van der Waals surface area (Å²) in [5, 5.41) is 3.41. The van der Waals surface area contributed by atoms with Crippen LogP contribution in [0.4, 0.5) is 0 Å². The Morgan fingerprint density at radius 1 is 1.46 bits per heavy atom. The fourth-order valence-corrected chi connectivity index (χ4v) is 3.18. The average molecular weight is 329 g/mol. The van der Waals surface area contributed by atoms with Gasteiger partial charge in [0.2, 0.25) is 5.43 Å². The Morgan fingerprint density at radius 2 is 2.25 bits per heavy atom. The van der Waals surface area contributed by atoms with Crippen molar-refractivity contribution in [1.82, 2.24) is 15.2 Å². The lowest BCUT2D eigenvalue weighted by Crippen LogP contribution is -2.52. The zero-order valence-corrected chi connectivity index (χ0v) is 14.0. The molecule has 24 heavy (non-hydrogen) atoms. The third-order valence-electron chi connectivity index (χ3n) is 4.58. The van der Waals surface area contributed by atoms with Gasteiger partial charge in [-0.05, 0) is 26.0 Å². The summed E-state index contributed by atoms with van der Waals surface area (Å²) >= 11 is 0. The van der Waals surface area contributed by atoms with Crippen molar-refractivity contribution in [3.63, 3.8) is 0 Å². The molecular weight excluding hydrogens is 306 g/mol. The maximum absolute atomic E-state index is 12.5. The highest BCUT2D eigenvalue weighted by Gasteiger charge is 2.24. The summed E-state index contributed by atoms with van der Waals surface area (Å²) in [7, 11) is 0. The molecule has 2 heterocycles. The van der Waals surface area contributed by atoms with Gasteiger partial charge in [0.25, 0.3) is 5.91 Å². The second-order valence-corrected chi connectivity index (χ2v) is 6.30. The minimum absolute atomic E-state index is 0.149. The number of hydrogen-bond acceptors (Lipinski definition) is 4. The summed E-state index contributed by atoms with van der Waals surface area (Å²) < 4.78 is 5.44. The summed E-state index contributed by atoms with van der Waals surface area (Å²) in [6.45, 7) is 6.97. The zero-order valence-electron chi connectivity index (χ0n) is 14.0. The Kier molecular flexibility index (Phi) is 4.97. The number of amides is 1. The van der Waals surface area contributed by atoms with Crippen molar-refractivity contribution in [2.45, 2.75) is 25.9 Å². The number of aromatic amines is 1. The number of para-hydroxylation sites is 1. The molecule has 0 aliphatic carbocycles. The van der Waals surface area contributed by atoms with E-state index in [9.17, 15) is 9.59 Å². The number of ether oxygens (including phenoxy) is 1. The van der Waals surface area contributed by atoms with Crippen LogP contribution >= 0.6 is 0 Å².